The monoisotopic (exact) mass is 628 g/mol. The van der Waals surface area contributed by atoms with Gasteiger partial charge in [0.25, 0.3) is 11.8 Å². The van der Waals surface area contributed by atoms with E-state index in [2.05, 4.69) is 50.5 Å². The van der Waals surface area contributed by atoms with Crippen LogP contribution in [-0.2, 0) is 22.6 Å². The van der Waals surface area contributed by atoms with Crippen LogP contribution in [0.1, 0.15) is 87.7 Å². The third kappa shape index (κ3) is 6.27. The van der Waals surface area contributed by atoms with Crippen molar-refractivity contribution >= 4 is 40.3 Å². The summed E-state index contributed by atoms with van der Waals surface area (Å²) in [5, 5.41) is 6.29. The van der Waals surface area contributed by atoms with Crippen molar-refractivity contribution in [2.75, 3.05) is 18.9 Å². The fourth-order valence-electron chi connectivity index (χ4n) is 6.85. The Labute approximate surface area is 272 Å². The molecule has 2 fully saturated rings. The molecule has 4 amide bonds. The first-order valence-corrected chi connectivity index (χ1v) is 16.2. The number of hydrogen-bond acceptors (Lipinski definition) is 6. The minimum absolute atomic E-state index is 0.200. The highest BCUT2D eigenvalue weighted by atomic mass is 16.2. The summed E-state index contributed by atoms with van der Waals surface area (Å²) in [5.74, 6) is 5.84. The Bertz CT molecular complexity index is 1950. The van der Waals surface area contributed by atoms with Gasteiger partial charge in [0, 0.05) is 65.5 Å². The van der Waals surface area contributed by atoms with Gasteiger partial charge in [-0.1, -0.05) is 30.0 Å². The van der Waals surface area contributed by atoms with E-state index in [1.165, 1.54) is 12.1 Å². The Kier molecular flexibility index (Phi) is 8.31. The highest BCUT2D eigenvalue weighted by Crippen LogP contribution is 2.32. The number of aromatic nitrogens is 2. The molecule has 3 aliphatic heterocycles. The smallest absolute Gasteiger partial charge is 0.256 e. The van der Waals surface area contributed by atoms with Crippen molar-refractivity contribution in [1.82, 2.24) is 25.1 Å². The zero-order valence-corrected chi connectivity index (χ0v) is 26.3. The normalized spacial score (nSPS) is 19.4. The second-order valence-corrected chi connectivity index (χ2v) is 12.6. The molecule has 4 aromatic rings. The van der Waals surface area contributed by atoms with Gasteiger partial charge < -0.3 is 15.2 Å². The maximum Gasteiger partial charge on any atom is 0.256 e. The predicted molar refractivity (Wildman–Crippen MR) is 177 cm³/mol. The number of unbranched alkanes of at least 4 members (excludes halogenated alkanes) is 1. The van der Waals surface area contributed by atoms with Crippen LogP contribution in [0.4, 0.5) is 5.82 Å². The average Bonchev–Trinajstić information content (AvgIpc) is 3.78. The van der Waals surface area contributed by atoms with Crippen molar-refractivity contribution in [2.45, 2.75) is 63.6 Å². The van der Waals surface area contributed by atoms with Gasteiger partial charge in [0.2, 0.25) is 11.8 Å². The summed E-state index contributed by atoms with van der Waals surface area (Å²) >= 11 is 0. The van der Waals surface area contributed by atoms with Crippen LogP contribution >= 0.6 is 0 Å². The second-order valence-electron chi connectivity index (χ2n) is 12.6. The number of aromatic amines is 1. The Morgan fingerprint density at radius 2 is 1.91 bits per heavy atom. The molecule has 0 unspecified atom stereocenters. The molecule has 10 heteroatoms. The third-order valence-corrected chi connectivity index (χ3v) is 9.43. The summed E-state index contributed by atoms with van der Waals surface area (Å²) in [7, 11) is 2.15. The van der Waals surface area contributed by atoms with Crippen molar-refractivity contribution in [3.8, 4) is 11.8 Å². The molecule has 238 valence electrons. The van der Waals surface area contributed by atoms with E-state index in [-0.39, 0.29) is 24.1 Å². The van der Waals surface area contributed by atoms with Crippen LogP contribution in [-0.4, -0.2) is 63.0 Å². The van der Waals surface area contributed by atoms with E-state index < -0.39 is 11.9 Å². The van der Waals surface area contributed by atoms with Crippen molar-refractivity contribution in [1.29, 1.82) is 0 Å². The first kappa shape index (κ1) is 30.4. The van der Waals surface area contributed by atoms with Crippen LogP contribution in [0.25, 0.3) is 10.9 Å². The third-order valence-electron chi connectivity index (χ3n) is 9.43. The number of likely N-dealkylation sites (tertiary alicyclic amines) is 1. The van der Waals surface area contributed by atoms with E-state index in [0.717, 1.165) is 53.4 Å². The Hall–Kier alpha value is -5.27. The molecule has 7 rings (SSSR count). The molecule has 0 spiro atoms. The van der Waals surface area contributed by atoms with Crippen molar-refractivity contribution in [3.63, 3.8) is 0 Å². The van der Waals surface area contributed by atoms with Crippen LogP contribution in [0.5, 0.6) is 0 Å². The number of nitrogens with zero attached hydrogens (tertiary/aromatic N) is 3. The minimum atomic E-state index is -0.645. The highest BCUT2D eigenvalue weighted by Gasteiger charge is 2.39. The number of piperidine rings is 1. The molecule has 2 aromatic carbocycles. The number of rotatable bonds is 7. The molecule has 0 bridgehead atoms. The number of amides is 4. The maximum absolute atomic E-state index is 13.0. The number of imide groups is 1. The maximum atomic E-state index is 13.0. The molecule has 10 nitrogen and oxygen atoms in total. The van der Waals surface area contributed by atoms with Crippen LogP contribution in [0.2, 0.25) is 0 Å². The second kappa shape index (κ2) is 12.9. The van der Waals surface area contributed by atoms with E-state index in [1.807, 2.05) is 42.5 Å². The molecule has 47 heavy (non-hydrogen) atoms. The number of anilines is 1. The van der Waals surface area contributed by atoms with E-state index >= 15 is 0 Å². The van der Waals surface area contributed by atoms with E-state index in [1.54, 1.807) is 17.2 Å². The predicted octanol–water partition coefficient (Wildman–Crippen LogP) is 4.72. The zero-order valence-electron chi connectivity index (χ0n) is 26.3. The van der Waals surface area contributed by atoms with Crippen LogP contribution in [0.15, 0.2) is 60.8 Å². The Morgan fingerprint density at radius 1 is 1.06 bits per heavy atom. The number of carbonyl (C=O) groups excluding carboxylic acids is 4. The summed E-state index contributed by atoms with van der Waals surface area (Å²) in [5.41, 5.74) is 6.00. The molecule has 0 saturated carbocycles. The molecule has 3 N–H and O–H groups in total. The van der Waals surface area contributed by atoms with Gasteiger partial charge in [0.05, 0.1) is 5.52 Å². The molecule has 0 aliphatic carbocycles. The van der Waals surface area contributed by atoms with Crippen molar-refractivity contribution < 1.29 is 19.2 Å². The summed E-state index contributed by atoms with van der Waals surface area (Å²) in [6.07, 6.45) is 7.01. The van der Waals surface area contributed by atoms with Crippen LogP contribution < -0.4 is 10.6 Å². The number of carbonyl (C=O) groups is 4. The molecule has 0 radical (unpaired) electrons. The van der Waals surface area contributed by atoms with Gasteiger partial charge in [-0.3, -0.25) is 29.4 Å². The van der Waals surface area contributed by atoms with Gasteiger partial charge >= 0.3 is 0 Å². The first-order valence-electron chi connectivity index (χ1n) is 16.2. The molecule has 3 aliphatic rings. The first-order chi connectivity index (χ1) is 22.8. The lowest BCUT2D eigenvalue weighted by atomic mass is 10.0. The molecule has 2 aromatic heterocycles. The standard InChI is InChI=1S/C37H36N6O4/c1-42-18-6-11-31(42)30-19-26-21-38-33(20-29(26)39-30)40-35(45)25-14-12-23(13-15-25)7-3-2-4-8-24-9-5-10-27-28(24)22-43(37(27)47)32-16-17-34(44)41-36(32)46/h5,9-10,12-15,19-21,31-32,39H,2-3,6-7,11,16-18,22H2,1H3,(H,38,40,45)(H,41,44,46)/t31-,32+/m1/s1. The number of H-pyrrole nitrogens is 1. The molecule has 2 saturated heterocycles. The lowest BCUT2D eigenvalue weighted by molar-refractivity contribution is -0.136. The van der Waals surface area contributed by atoms with Crippen molar-refractivity contribution in [2.24, 2.45) is 0 Å². The van der Waals surface area contributed by atoms with Gasteiger partial charge in [0.1, 0.15) is 11.9 Å². The zero-order chi connectivity index (χ0) is 32.5. The molecular formula is C37H36N6O4. The highest BCUT2D eigenvalue weighted by molar-refractivity contribution is 6.06. The molecular weight excluding hydrogens is 592 g/mol. The lowest BCUT2D eigenvalue weighted by Gasteiger charge is -2.29. The van der Waals surface area contributed by atoms with E-state index in [0.29, 0.717) is 42.4 Å². The largest absolute Gasteiger partial charge is 0.357 e. The Morgan fingerprint density at radius 3 is 2.70 bits per heavy atom. The quantitative estimate of drug-likeness (QED) is 0.155. The number of pyridine rings is 1. The number of hydrogen-bond donors (Lipinski definition) is 3. The SMILES string of the molecule is CN1CCC[C@@H]1c1cc2cnc(NC(=O)c3ccc(CCCC#Cc4cccc5c4CN([C@H]4CCC(=O)NC4=O)C5=O)cc3)cc2[nH]1. The number of aryl methyl sites for hydroxylation is 1. The van der Waals surface area contributed by atoms with E-state index in [9.17, 15) is 19.2 Å². The Balaban J connectivity index is 0.917. The summed E-state index contributed by atoms with van der Waals surface area (Å²) in [6, 6.07) is 16.8. The summed E-state index contributed by atoms with van der Waals surface area (Å²) in [4.78, 5) is 61.8. The summed E-state index contributed by atoms with van der Waals surface area (Å²) < 4.78 is 0. The fraction of sp³-hybridized carbons (Fsp3) is 0.324. The minimum Gasteiger partial charge on any atom is -0.357 e. The van der Waals surface area contributed by atoms with Gasteiger partial charge in [0.15, 0.2) is 0 Å². The number of benzene rings is 2. The number of fused-ring (bicyclic) bond motifs is 2. The van der Waals surface area contributed by atoms with Crippen molar-refractivity contribution in [3.05, 3.63) is 94.3 Å². The van der Waals surface area contributed by atoms with Gasteiger partial charge in [-0.25, -0.2) is 4.98 Å². The average molecular weight is 629 g/mol. The summed E-state index contributed by atoms with van der Waals surface area (Å²) in [6.45, 7) is 1.41. The van der Waals surface area contributed by atoms with Gasteiger partial charge in [-0.15, -0.1) is 0 Å². The fourth-order valence-corrected chi connectivity index (χ4v) is 6.85. The van der Waals surface area contributed by atoms with E-state index in [4.69, 9.17) is 0 Å². The molecule has 5 heterocycles. The lowest BCUT2D eigenvalue weighted by Crippen LogP contribution is -2.52. The van der Waals surface area contributed by atoms with Gasteiger partial charge in [-0.05, 0) is 87.2 Å². The van der Waals surface area contributed by atoms with Crippen LogP contribution in [0, 0.1) is 11.8 Å². The van der Waals surface area contributed by atoms with Gasteiger partial charge in [-0.2, -0.15) is 0 Å². The topological polar surface area (TPSA) is 128 Å². The van der Waals surface area contributed by atoms with Crippen LogP contribution in [0.3, 0.4) is 0 Å². The number of nitrogens with one attached hydrogen (secondary N) is 3. The molecule has 2 atom stereocenters.